The number of hydrogen-bond acceptors (Lipinski definition) is 4. The quantitative estimate of drug-likeness (QED) is 0.869. The van der Waals surface area contributed by atoms with E-state index in [1.807, 2.05) is 0 Å². The van der Waals surface area contributed by atoms with E-state index in [1.165, 1.54) is 29.5 Å². The van der Waals surface area contributed by atoms with Gasteiger partial charge >= 0.3 is 0 Å². The Morgan fingerprint density at radius 3 is 2.75 bits per heavy atom. The lowest BCUT2D eigenvalue weighted by Crippen LogP contribution is -2.20. The van der Waals surface area contributed by atoms with E-state index in [4.69, 9.17) is 5.73 Å². The van der Waals surface area contributed by atoms with Crippen LogP contribution < -0.4 is 10.5 Å². The predicted molar refractivity (Wildman–Crippen MR) is 91.2 cm³/mol. The Bertz CT molecular complexity index is 906. The van der Waals surface area contributed by atoms with E-state index in [2.05, 4.69) is 11.6 Å². The number of sulfonamides is 1. The van der Waals surface area contributed by atoms with Gasteiger partial charge < -0.3 is 5.73 Å². The van der Waals surface area contributed by atoms with Crippen molar-refractivity contribution in [3.05, 3.63) is 46.1 Å². The Labute approximate surface area is 143 Å². The van der Waals surface area contributed by atoms with Crippen LogP contribution in [0.4, 0.5) is 9.39 Å². The van der Waals surface area contributed by atoms with Crippen molar-refractivity contribution < 1.29 is 17.6 Å². The number of primary amides is 1. The number of fused-ring (bicyclic) bond motifs is 1. The van der Waals surface area contributed by atoms with E-state index in [-0.39, 0.29) is 10.6 Å². The molecule has 0 fully saturated rings. The maximum absolute atomic E-state index is 13.8. The van der Waals surface area contributed by atoms with Gasteiger partial charge in [-0.15, -0.1) is 11.3 Å². The summed E-state index contributed by atoms with van der Waals surface area (Å²) in [5.74, 6) is -1.05. The summed E-state index contributed by atoms with van der Waals surface area (Å²) in [4.78, 5) is 12.4. The molecule has 1 aliphatic rings. The maximum Gasteiger partial charge on any atom is 0.265 e. The van der Waals surface area contributed by atoms with Gasteiger partial charge in [-0.1, -0.05) is 19.1 Å². The summed E-state index contributed by atoms with van der Waals surface area (Å²) in [6.07, 6.45) is 2.39. The molecule has 128 valence electrons. The Morgan fingerprint density at radius 1 is 1.38 bits per heavy atom. The van der Waals surface area contributed by atoms with Crippen molar-refractivity contribution >= 4 is 32.3 Å². The molecule has 0 saturated carbocycles. The SMILES string of the molecule is CC1CCc2c(sc(NS(=O)(=O)c3ccccc3F)c2C(N)=O)C1. The number of anilines is 1. The van der Waals surface area contributed by atoms with Crippen molar-refractivity contribution in [2.24, 2.45) is 11.7 Å². The smallest absolute Gasteiger partial charge is 0.265 e. The summed E-state index contributed by atoms with van der Waals surface area (Å²) in [6, 6.07) is 5.10. The van der Waals surface area contributed by atoms with Crippen LogP contribution >= 0.6 is 11.3 Å². The van der Waals surface area contributed by atoms with Crippen LogP contribution in [0, 0.1) is 11.7 Å². The van der Waals surface area contributed by atoms with Crippen LogP contribution in [0.1, 0.15) is 34.1 Å². The molecule has 1 aliphatic carbocycles. The number of hydrogen-bond donors (Lipinski definition) is 2. The molecule has 3 N–H and O–H groups in total. The first-order chi connectivity index (χ1) is 11.3. The zero-order valence-electron chi connectivity index (χ0n) is 13.0. The molecule has 3 rings (SSSR count). The molecular formula is C16H17FN2O3S2. The Morgan fingerprint density at radius 2 is 2.08 bits per heavy atom. The van der Waals surface area contributed by atoms with Crippen LogP contribution in [0.3, 0.4) is 0 Å². The first kappa shape index (κ1) is 16.9. The maximum atomic E-state index is 13.8. The minimum atomic E-state index is -4.14. The van der Waals surface area contributed by atoms with Crippen molar-refractivity contribution in [2.75, 3.05) is 4.72 Å². The molecule has 0 aliphatic heterocycles. The molecule has 0 bridgehead atoms. The fourth-order valence-corrected chi connectivity index (χ4v) is 5.72. The molecule has 1 atom stereocenters. The number of nitrogens with two attached hydrogens (primary N) is 1. The molecule has 1 unspecified atom stereocenters. The zero-order chi connectivity index (χ0) is 17.5. The third-order valence-electron chi connectivity index (χ3n) is 4.11. The van der Waals surface area contributed by atoms with Crippen LogP contribution in [0.25, 0.3) is 0 Å². The normalized spacial score (nSPS) is 17.3. The minimum Gasteiger partial charge on any atom is -0.365 e. The molecular weight excluding hydrogens is 351 g/mol. The lowest BCUT2D eigenvalue weighted by atomic mass is 9.88. The highest BCUT2D eigenvalue weighted by atomic mass is 32.2. The molecule has 1 amide bonds. The highest BCUT2D eigenvalue weighted by Gasteiger charge is 2.29. The van der Waals surface area contributed by atoms with Gasteiger partial charge in [0, 0.05) is 4.88 Å². The van der Waals surface area contributed by atoms with E-state index in [0.717, 1.165) is 29.3 Å². The first-order valence-electron chi connectivity index (χ1n) is 7.51. The average molecular weight is 368 g/mol. The molecule has 1 aromatic heterocycles. The summed E-state index contributed by atoms with van der Waals surface area (Å²) in [5, 5.41) is 0.171. The fourth-order valence-electron chi connectivity index (χ4n) is 2.92. The van der Waals surface area contributed by atoms with E-state index < -0.39 is 26.6 Å². The average Bonchev–Trinajstić information content (AvgIpc) is 2.83. The van der Waals surface area contributed by atoms with E-state index in [9.17, 15) is 17.6 Å². The van der Waals surface area contributed by atoms with Crippen LogP contribution in [-0.2, 0) is 22.9 Å². The molecule has 0 radical (unpaired) electrons. The topological polar surface area (TPSA) is 89.3 Å². The lowest BCUT2D eigenvalue weighted by molar-refractivity contribution is 0.100. The largest absolute Gasteiger partial charge is 0.365 e. The van der Waals surface area contributed by atoms with Crippen molar-refractivity contribution in [3.8, 4) is 0 Å². The first-order valence-corrected chi connectivity index (χ1v) is 9.81. The number of rotatable bonds is 4. The summed E-state index contributed by atoms with van der Waals surface area (Å²) in [7, 11) is -4.14. The second-order valence-electron chi connectivity index (χ2n) is 5.96. The van der Waals surface area contributed by atoms with Gasteiger partial charge in [0.2, 0.25) is 0 Å². The van der Waals surface area contributed by atoms with Crippen LogP contribution in [0.2, 0.25) is 0 Å². The third kappa shape index (κ3) is 3.03. The minimum absolute atomic E-state index is 0.171. The van der Waals surface area contributed by atoms with Gasteiger partial charge in [-0.3, -0.25) is 9.52 Å². The molecule has 8 heteroatoms. The van der Waals surface area contributed by atoms with E-state index >= 15 is 0 Å². The number of carbonyl (C=O) groups excluding carboxylic acids is 1. The Kier molecular flexibility index (Phi) is 4.35. The summed E-state index contributed by atoms with van der Waals surface area (Å²) < 4.78 is 41.1. The zero-order valence-corrected chi connectivity index (χ0v) is 14.6. The Balaban J connectivity index is 2.04. The molecule has 1 heterocycles. The highest BCUT2D eigenvalue weighted by molar-refractivity contribution is 7.93. The van der Waals surface area contributed by atoms with Gasteiger partial charge in [-0.05, 0) is 42.9 Å². The van der Waals surface area contributed by atoms with Crippen LogP contribution in [0.15, 0.2) is 29.2 Å². The molecule has 0 spiro atoms. The second kappa shape index (κ2) is 6.18. The Hall–Kier alpha value is -1.93. The standard InChI is InChI=1S/C16H17FN2O3S2/c1-9-6-7-10-12(8-9)23-16(14(10)15(18)20)19-24(21,22)13-5-3-2-4-11(13)17/h2-5,9,19H,6-8H2,1H3,(H2,18,20). The summed E-state index contributed by atoms with van der Waals surface area (Å²) in [6.45, 7) is 2.11. The van der Waals surface area contributed by atoms with Gasteiger partial charge in [-0.25, -0.2) is 12.8 Å². The van der Waals surface area contributed by atoms with E-state index in [1.54, 1.807) is 0 Å². The molecule has 24 heavy (non-hydrogen) atoms. The second-order valence-corrected chi connectivity index (χ2v) is 8.71. The van der Waals surface area contributed by atoms with Crippen LogP contribution in [-0.4, -0.2) is 14.3 Å². The highest BCUT2D eigenvalue weighted by Crippen LogP contribution is 2.40. The number of halogens is 1. The van der Waals surface area contributed by atoms with Crippen LogP contribution in [0.5, 0.6) is 0 Å². The lowest BCUT2D eigenvalue weighted by Gasteiger charge is -2.18. The number of amides is 1. The third-order valence-corrected chi connectivity index (χ3v) is 6.79. The summed E-state index contributed by atoms with van der Waals surface area (Å²) >= 11 is 1.21. The number of carbonyl (C=O) groups is 1. The number of thiophene rings is 1. The molecule has 2 aromatic rings. The van der Waals surface area contributed by atoms with Gasteiger partial charge in [0.15, 0.2) is 0 Å². The number of benzene rings is 1. The molecule has 5 nitrogen and oxygen atoms in total. The van der Waals surface area contributed by atoms with Crippen molar-refractivity contribution in [1.82, 2.24) is 0 Å². The van der Waals surface area contributed by atoms with Gasteiger partial charge in [0.25, 0.3) is 15.9 Å². The van der Waals surface area contributed by atoms with Crippen molar-refractivity contribution in [1.29, 1.82) is 0 Å². The monoisotopic (exact) mass is 368 g/mol. The van der Waals surface area contributed by atoms with E-state index in [0.29, 0.717) is 12.3 Å². The molecule has 1 aromatic carbocycles. The van der Waals surface area contributed by atoms with Gasteiger partial charge in [0.05, 0.1) is 5.56 Å². The fraction of sp³-hybridized carbons (Fsp3) is 0.312. The van der Waals surface area contributed by atoms with Crippen molar-refractivity contribution in [3.63, 3.8) is 0 Å². The predicted octanol–water partition coefficient (Wildman–Crippen LogP) is 2.91. The molecule has 0 saturated heterocycles. The summed E-state index contributed by atoms with van der Waals surface area (Å²) in [5.41, 5.74) is 6.49. The van der Waals surface area contributed by atoms with Gasteiger partial charge in [0.1, 0.15) is 15.7 Å². The number of nitrogens with one attached hydrogen (secondary N) is 1. The van der Waals surface area contributed by atoms with Crippen molar-refractivity contribution in [2.45, 2.75) is 31.1 Å². The van der Waals surface area contributed by atoms with Gasteiger partial charge in [-0.2, -0.15) is 0 Å².